The van der Waals surface area contributed by atoms with Crippen molar-refractivity contribution in [2.45, 2.75) is 25.9 Å². The van der Waals surface area contributed by atoms with E-state index in [1.807, 2.05) is 6.07 Å². The van der Waals surface area contributed by atoms with Gasteiger partial charge in [0.2, 0.25) is 0 Å². The molecular weight excluding hydrogens is 254 g/mol. The fourth-order valence-electron chi connectivity index (χ4n) is 1.80. The lowest BCUT2D eigenvalue weighted by Crippen LogP contribution is -2.37. The lowest BCUT2D eigenvalue weighted by Gasteiger charge is -2.24. The molecule has 82 valence electrons. The number of benzene rings is 1. The molecule has 1 atom stereocenters. The zero-order valence-electron chi connectivity index (χ0n) is 8.92. The Morgan fingerprint density at radius 2 is 2.33 bits per heavy atom. The molecule has 0 spiro atoms. The van der Waals surface area contributed by atoms with Crippen molar-refractivity contribution in [2.24, 2.45) is 0 Å². The van der Waals surface area contributed by atoms with Gasteiger partial charge >= 0.3 is 0 Å². The van der Waals surface area contributed by atoms with E-state index in [9.17, 15) is 0 Å². The normalized spacial score (nSPS) is 21.3. The van der Waals surface area contributed by atoms with Crippen LogP contribution in [-0.2, 0) is 0 Å². The van der Waals surface area contributed by atoms with E-state index in [1.165, 1.54) is 12.0 Å². The molecule has 3 heteroatoms. The van der Waals surface area contributed by atoms with E-state index in [-0.39, 0.29) is 0 Å². The molecule has 0 radical (unpaired) electrons. The first-order valence-corrected chi connectivity index (χ1v) is 6.18. The van der Waals surface area contributed by atoms with Crippen LogP contribution < -0.4 is 10.1 Å². The Hall–Kier alpha value is -0.540. The highest BCUT2D eigenvalue weighted by molar-refractivity contribution is 9.10. The second-order valence-electron chi connectivity index (χ2n) is 4.02. The average Bonchev–Trinajstić information content (AvgIpc) is 2.24. The van der Waals surface area contributed by atoms with Gasteiger partial charge in [0.15, 0.2) is 0 Å². The van der Waals surface area contributed by atoms with Crippen molar-refractivity contribution in [2.75, 3.05) is 13.1 Å². The summed E-state index contributed by atoms with van der Waals surface area (Å²) in [6, 6.07) is 6.20. The Morgan fingerprint density at radius 1 is 1.47 bits per heavy atom. The fourth-order valence-corrected chi connectivity index (χ4v) is 2.39. The summed E-state index contributed by atoms with van der Waals surface area (Å²) >= 11 is 3.53. The van der Waals surface area contributed by atoms with E-state index >= 15 is 0 Å². The third-order valence-electron chi connectivity index (χ3n) is 2.63. The summed E-state index contributed by atoms with van der Waals surface area (Å²) in [7, 11) is 0. The Bertz CT molecular complexity index is 334. The average molecular weight is 270 g/mol. The van der Waals surface area contributed by atoms with Crippen molar-refractivity contribution in [1.82, 2.24) is 5.32 Å². The van der Waals surface area contributed by atoms with Crippen LogP contribution in [0.5, 0.6) is 5.75 Å². The number of halogens is 1. The predicted molar refractivity (Wildman–Crippen MR) is 65.4 cm³/mol. The first-order valence-electron chi connectivity index (χ1n) is 5.39. The third kappa shape index (κ3) is 2.95. The van der Waals surface area contributed by atoms with Gasteiger partial charge in [-0.05, 0) is 59.9 Å². The molecule has 0 saturated carbocycles. The standard InChI is InChI=1S/C12H16BrNO/c1-9-4-5-12(11(13)7-9)15-10-3-2-6-14-8-10/h4-5,7,10,14H,2-3,6,8H2,1H3. The molecule has 1 N–H and O–H groups in total. The molecule has 0 bridgehead atoms. The van der Waals surface area contributed by atoms with Gasteiger partial charge in [0.05, 0.1) is 4.47 Å². The summed E-state index contributed by atoms with van der Waals surface area (Å²) in [6.45, 7) is 4.16. The fraction of sp³-hybridized carbons (Fsp3) is 0.500. The first-order chi connectivity index (χ1) is 7.25. The van der Waals surface area contributed by atoms with Crippen LogP contribution in [0.2, 0.25) is 0 Å². The quantitative estimate of drug-likeness (QED) is 0.892. The molecule has 1 aromatic carbocycles. The molecule has 1 heterocycles. The van der Waals surface area contributed by atoms with E-state index in [4.69, 9.17) is 4.74 Å². The van der Waals surface area contributed by atoms with Crippen LogP contribution >= 0.6 is 15.9 Å². The molecule has 15 heavy (non-hydrogen) atoms. The molecule has 1 aromatic rings. The summed E-state index contributed by atoms with van der Waals surface area (Å²) in [5, 5.41) is 3.35. The van der Waals surface area contributed by atoms with E-state index in [0.717, 1.165) is 29.7 Å². The summed E-state index contributed by atoms with van der Waals surface area (Å²) in [4.78, 5) is 0. The van der Waals surface area contributed by atoms with Gasteiger partial charge in [0.1, 0.15) is 11.9 Å². The zero-order chi connectivity index (χ0) is 10.7. The van der Waals surface area contributed by atoms with Gasteiger partial charge in [-0.15, -0.1) is 0 Å². The van der Waals surface area contributed by atoms with Crippen molar-refractivity contribution < 1.29 is 4.74 Å². The molecule has 1 fully saturated rings. The summed E-state index contributed by atoms with van der Waals surface area (Å²) < 4.78 is 6.98. The minimum atomic E-state index is 0.317. The van der Waals surface area contributed by atoms with E-state index in [0.29, 0.717) is 6.10 Å². The smallest absolute Gasteiger partial charge is 0.133 e. The predicted octanol–water partition coefficient (Wildman–Crippen LogP) is 2.89. The monoisotopic (exact) mass is 269 g/mol. The number of hydrogen-bond donors (Lipinski definition) is 1. The van der Waals surface area contributed by atoms with Crippen LogP contribution in [0.25, 0.3) is 0 Å². The van der Waals surface area contributed by atoms with E-state index in [1.54, 1.807) is 0 Å². The van der Waals surface area contributed by atoms with Crippen LogP contribution in [0.3, 0.4) is 0 Å². The molecule has 1 saturated heterocycles. The highest BCUT2D eigenvalue weighted by Crippen LogP contribution is 2.27. The van der Waals surface area contributed by atoms with Crippen LogP contribution in [-0.4, -0.2) is 19.2 Å². The Morgan fingerprint density at radius 3 is 3.00 bits per heavy atom. The zero-order valence-corrected chi connectivity index (χ0v) is 10.5. The van der Waals surface area contributed by atoms with Crippen molar-refractivity contribution in [3.05, 3.63) is 28.2 Å². The third-order valence-corrected chi connectivity index (χ3v) is 3.25. The molecule has 0 aliphatic carbocycles. The maximum absolute atomic E-state index is 5.93. The van der Waals surface area contributed by atoms with Gasteiger partial charge in [0, 0.05) is 6.54 Å². The molecule has 1 aliphatic rings. The Labute approximate surface area is 99.1 Å². The van der Waals surface area contributed by atoms with Crippen molar-refractivity contribution in [3.63, 3.8) is 0 Å². The topological polar surface area (TPSA) is 21.3 Å². The van der Waals surface area contributed by atoms with Gasteiger partial charge < -0.3 is 10.1 Å². The number of rotatable bonds is 2. The first kappa shape index (κ1) is 11.0. The van der Waals surface area contributed by atoms with Crippen LogP contribution in [0.1, 0.15) is 18.4 Å². The Balaban J connectivity index is 2.03. The number of aryl methyl sites for hydroxylation is 1. The summed E-state index contributed by atoms with van der Waals surface area (Å²) in [5.41, 5.74) is 1.25. The van der Waals surface area contributed by atoms with Gasteiger partial charge in [-0.2, -0.15) is 0 Å². The largest absolute Gasteiger partial charge is 0.488 e. The molecule has 2 rings (SSSR count). The van der Waals surface area contributed by atoms with Gasteiger partial charge in [-0.1, -0.05) is 6.07 Å². The van der Waals surface area contributed by atoms with Crippen molar-refractivity contribution in [1.29, 1.82) is 0 Å². The number of nitrogens with one attached hydrogen (secondary N) is 1. The Kier molecular flexibility index (Phi) is 3.65. The maximum atomic E-state index is 5.93. The van der Waals surface area contributed by atoms with E-state index < -0.39 is 0 Å². The molecule has 1 unspecified atom stereocenters. The molecule has 2 nitrogen and oxygen atoms in total. The van der Waals surface area contributed by atoms with Gasteiger partial charge in [-0.3, -0.25) is 0 Å². The maximum Gasteiger partial charge on any atom is 0.133 e. The number of hydrogen-bond acceptors (Lipinski definition) is 2. The highest BCUT2D eigenvalue weighted by atomic mass is 79.9. The molecule has 0 aromatic heterocycles. The second kappa shape index (κ2) is 4.99. The summed E-state index contributed by atoms with van der Waals surface area (Å²) in [6.07, 6.45) is 2.67. The molecular formula is C12H16BrNO. The van der Waals surface area contributed by atoms with Crippen molar-refractivity contribution >= 4 is 15.9 Å². The van der Waals surface area contributed by atoms with Crippen molar-refractivity contribution in [3.8, 4) is 5.75 Å². The van der Waals surface area contributed by atoms with Gasteiger partial charge in [-0.25, -0.2) is 0 Å². The lowest BCUT2D eigenvalue weighted by molar-refractivity contribution is 0.166. The second-order valence-corrected chi connectivity index (χ2v) is 4.87. The minimum Gasteiger partial charge on any atom is -0.488 e. The molecule has 1 aliphatic heterocycles. The van der Waals surface area contributed by atoms with Crippen LogP contribution in [0, 0.1) is 6.92 Å². The van der Waals surface area contributed by atoms with Crippen LogP contribution in [0.4, 0.5) is 0 Å². The summed E-state index contributed by atoms with van der Waals surface area (Å²) in [5.74, 6) is 0.953. The van der Waals surface area contributed by atoms with E-state index in [2.05, 4.69) is 40.3 Å². The van der Waals surface area contributed by atoms with Gasteiger partial charge in [0.25, 0.3) is 0 Å². The SMILES string of the molecule is Cc1ccc(OC2CCCNC2)c(Br)c1. The highest BCUT2D eigenvalue weighted by Gasteiger charge is 2.15. The number of ether oxygens (including phenoxy) is 1. The minimum absolute atomic E-state index is 0.317. The van der Waals surface area contributed by atoms with Crippen LogP contribution in [0.15, 0.2) is 22.7 Å². The molecule has 0 amide bonds. The lowest BCUT2D eigenvalue weighted by atomic mass is 10.1. The number of piperidine rings is 1.